The lowest BCUT2D eigenvalue weighted by Crippen LogP contribution is -2.51. The minimum absolute atomic E-state index is 0.0516. The van der Waals surface area contributed by atoms with Crippen LogP contribution in [0, 0.1) is 11.2 Å². The molecule has 9 heteroatoms. The van der Waals surface area contributed by atoms with Crippen LogP contribution in [0.2, 0.25) is 5.02 Å². The number of likely N-dealkylation sites (tertiary alicyclic amines) is 1. The second-order valence-corrected chi connectivity index (χ2v) is 13.2. The summed E-state index contributed by atoms with van der Waals surface area (Å²) in [6.45, 7) is 5.45. The van der Waals surface area contributed by atoms with E-state index in [-0.39, 0.29) is 33.3 Å². The highest BCUT2D eigenvalue weighted by Crippen LogP contribution is 2.47. The largest absolute Gasteiger partial charge is 0.508 e. The SMILES string of the molecule is Oc1cc(-c2c(Cl)cc3c(N4CC5CCC(C4)N5)nc(OCC4(CN5CCCC5)CC4)nc3c2F)c2ccccc2c1. The third-order valence-electron chi connectivity index (χ3n) is 9.70. The highest BCUT2D eigenvalue weighted by atomic mass is 35.5. The molecule has 4 heterocycles. The first-order valence-corrected chi connectivity index (χ1v) is 15.6. The van der Waals surface area contributed by atoms with Crippen molar-refractivity contribution < 1.29 is 14.2 Å². The molecule has 7 nitrogen and oxygen atoms in total. The van der Waals surface area contributed by atoms with Crippen LogP contribution in [0.5, 0.6) is 11.8 Å². The number of ether oxygens (including phenoxy) is 1. The molecule has 4 aliphatic rings. The molecular formula is C33H35ClFN5O2. The predicted molar refractivity (Wildman–Crippen MR) is 164 cm³/mol. The van der Waals surface area contributed by atoms with Gasteiger partial charge in [0.2, 0.25) is 0 Å². The third kappa shape index (κ3) is 4.74. The van der Waals surface area contributed by atoms with Gasteiger partial charge < -0.3 is 25.0 Å². The summed E-state index contributed by atoms with van der Waals surface area (Å²) >= 11 is 6.88. The molecule has 0 radical (unpaired) electrons. The van der Waals surface area contributed by atoms with Gasteiger partial charge in [-0.05, 0) is 86.1 Å². The minimum Gasteiger partial charge on any atom is -0.508 e. The van der Waals surface area contributed by atoms with Crippen molar-refractivity contribution in [2.75, 3.05) is 44.2 Å². The van der Waals surface area contributed by atoms with Crippen molar-refractivity contribution in [3.63, 3.8) is 0 Å². The van der Waals surface area contributed by atoms with E-state index in [9.17, 15) is 5.11 Å². The number of aromatic hydroxyl groups is 1. The molecule has 8 rings (SSSR count). The Morgan fingerprint density at radius 3 is 2.55 bits per heavy atom. The highest BCUT2D eigenvalue weighted by Gasteiger charge is 2.45. The van der Waals surface area contributed by atoms with E-state index >= 15 is 4.39 Å². The fourth-order valence-corrected chi connectivity index (χ4v) is 7.64. The summed E-state index contributed by atoms with van der Waals surface area (Å²) < 4.78 is 23.1. The number of hydrogen-bond acceptors (Lipinski definition) is 7. The molecule has 2 bridgehead atoms. The van der Waals surface area contributed by atoms with Crippen molar-refractivity contribution >= 4 is 39.1 Å². The number of nitrogens with one attached hydrogen (secondary N) is 1. The van der Waals surface area contributed by atoms with Crippen molar-refractivity contribution in [2.24, 2.45) is 5.41 Å². The zero-order chi connectivity index (χ0) is 28.4. The van der Waals surface area contributed by atoms with Gasteiger partial charge in [-0.3, -0.25) is 0 Å². The van der Waals surface area contributed by atoms with E-state index in [2.05, 4.69) is 15.1 Å². The lowest BCUT2D eigenvalue weighted by Gasteiger charge is -2.34. The quantitative estimate of drug-likeness (QED) is 0.269. The number of fused-ring (bicyclic) bond motifs is 4. The number of halogens is 2. The molecule has 3 aromatic carbocycles. The summed E-state index contributed by atoms with van der Waals surface area (Å²) in [5, 5.41) is 16.6. The van der Waals surface area contributed by atoms with E-state index < -0.39 is 5.82 Å². The maximum absolute atomic E-state index is 16.8. The van der Waals surface area contributed by atoms with Gasteiger partial charge in [-0.1, -0.05) is 35.9 Å². The van der Waals surface area contributed by atoms with E-state index in [0.717, 1.165) is 69.2 Å². The summed E-state index contributed by atoms with van der Waals surface area (Å²) in [4.78, 5) is 14.4. The average molecular weight is 588 g/mol. The van der Waals surface area contributed by atoms with E-state index in [1.807, 2.05) is 24.3 Å². The highest BCUT2D eigenvalue weighted by molar-refractivity contribution is 6.35. The first-order chi connectivity index (χ1) is 20.4. The summed E-state index contributed by atoms with van der Waals surface area (Å²) in [5.74, 6) is 0.194. The molecule has 0 spiro atoms. The minimum atomic E-state index is -0.530. The summed E-state index contributed by atoms with van der Waals surface area (Å²) in [6, 6.07) is 13.6. The molecule has 4 aromatic rings. The van der Waals surface area contributed by atoms with E-state index in [1.54, 1.807) is 18.2 Å². The molecule has 4 fully saturated rings. The molecule has 2 unspecified atom stereocenters. The Balaban J connectivity index is 1.23. The molecule has 3 aliphatic heterocycles. The van der Waals surface area contributed by atoms with Crippen LogP contribution in [0.15, 0.2) is 42.5 Å². The Morgan fingerprint density at radius 1 is 1.02 bits per heavy atom. The van der Waals surface area contributed by atoms with Gasteiger partial charge in [-0.2, -0.15) is 9.97 Å². The zero-order valence-electron chi connectivity index (χ0n) is 23.6. The second kappa shape index (κ2) is 10.2. The number of hydrogen-bond donors (Lipinski definition) is 2. The second-order valence-electron chi connectivity index (χ2n) is 12.8. The Hall–Kier alpha value is -3.20. The van der Waals surface area contributed by atoms with Crippen LogP contribution in [0.25, 0.3) is 32.8 Å². The Bertz CT molecular complexity index is 1680. The van der Waals surface area contributed by atoms with Crippen molar-refractivity contribution in [3.8, 4) is 22.9 Å². The van der Waals surface area contributed by atoms with E-state index in [1.165, 1.54) is 12.8 Å². The number of phenolic OH excluding ortho intramolecular Hbond substituents is 1. The van der Waals surface area contributed by atoms with Gasteiger partial charge in [0.25, 0.3) is 0 Å². The fourth-order valence-electron chi connectivity index (χ4n) is 7.34. The summed E-state index contributed by atoms with van der Waals surface area (Å²) in [6.07, 6.45) is 7.03. The predicted octanol–water partition coefficient (Wildman–Crippen LogP) is 6.14. The van der Waals surface area contributed by atoms with Crippen LogP contribution in [0.3, 0.4) is 0 Å². The summed E-state index contributed by atoms with van der Waals surface area (Å²) in [5.41, 5.74) is 1.07. The van der Waals surface area contributed by atoms with Gasteiger partial charge >= 0.3 is 6.01 Å². The smallest absolute Gasteiger partial charge is 0.319 e. The normalized spacial score (nSPS) is 23.2. The molecule has 1 aliphatic carbocycles. The van der Waals surface area contributed by atoms with Crippen LogP contribution in [-0.4, -0.2) is 71.4 Å². The van der Waals surface area contributed by atoms with Gasteiger partial charge in [-0.15, -0.1) is 0 Å². The van der Waals surface area contributed by atoms with Crippen molar-refractivity contribution in [3.05, 3.63) is 53.3 Å². The number of rotatable bonds is 7. The molecule has 0 amide bonds. The van der Waals surface area contributed by atoms with Crippen molar-refractivity contribution in [2.45, 2.75) is 50.6 Å². The number of aromatic nitrogens is 2. The average Bonchev–Trinajstić information content (AvgIpc) is 3.38. The maximum atomic E-state index is 16.8. The maximum Gasteiger partial charge on any atom is 0.319 e. The summed E-state index contributed by atoms with van der Waals surface area (Å²) in [7, 11) is 0. The molecule has 42 heavy (non-hydrogen) atoms. The van der Waals surface area contributed by atoms with Gasteiger partial charge in [0.05, 0.1) is 11.6 Å². The first kappa shape index (κ1) is 26.4. The molecular weight excluding hydrogens is 553 g/mol. The molecule has 1 saturated carbocycles. The molecule has 2 atom stereocenters. The first-order valence-electron chi connectivity index (χ1n) is 15.2. The number of benzene rings is 3. The lowest BCUT2D eigenvalue weighted by atomic mass is 9.96. The molecule has 218 valence electrons. The number of anilines is 1. The van der Waals surface area contributed by atoms with Gasteiger partial charge in [0.1, 0.15) is 17.1 Å². The standard InChI is InChI=1S/C33H35ClFN5O2/c34-27-15-26-30(29(35)28(27)25-14-23(41)13-20-5-1-2-6-24(20)25)37-32(38-31(26)40-16-21-7-8-22(17-40)36-21)42-19-33(9-10-33)18-39-11-3-4-12-39/h1-2,5-6,13-15,21-22,36,41H,3-4,7-12,16-19H2. The lowest BCUT2D eigenvalue weighted by molar-refractivity contribution is 0.170. The third-order valence-corrected chi connectivity index (χ3v) is 9.99. The van der Waals surface area contributed by atoms with Gasteiger partial charge in [-0.25, -0.2) is 4.39 Å². The van der Waals surface area contributed by atoms with Crippen LogP contribution in [-0.2, 0) is 0 Å². The Kier molecular flexibility index (Phi) is 6.43. The molecule has 3 saturated heterocycles. The Labute approximate surface area is 249 Å². The number of nitrogens with zero attached hydrogens (tertiary/aromatic N) is 4. The van der Waals surface area contributed by atoms with Gasteiger partial charge in [0, 0.05) is 48.1 Å². The van der Waals surface area contributed by atoms with Crippen LogP contribution < -0.4 is 15.0 Å². The van der Waals surface area contributed by atoms with Crippen LogP contribution in [0.4, 0.5) is 10.2 Å². The van der Waals surface area contributed by atoms with Gasteiger partial charge in [0.15, 0.2) is 5.82 Å². The number of piperazine rings is 1. The zero-order valence-corrected chi connectivity index (χ0v) is 24.3. The fraction of sp³-hybridized carbons (Fsp3) is 0.455. The number of phenols is 1. The van der Waals surface area contributed by atoms with E-state index in [4.69, 9.17) is 26.3 Å². The van der Waals surface area contributed by atoms with Crippen molar-refractivity contribution in [1.29, 1.82) is 0 Å². The van der Waals surface area contributed by atoms with Crippen LogP contribution >= 0.6 is 11.6 Å². The monoisotopic (exact) mass is 587 g/mol. The topological polar surface area (TPSA) is 73.8 Å². The van der Waals surface area contributed by atoms with Crippen molar-refractivity contribution in [1.82, 2.24) is 20.2 Å². The van der Waals surface area contributed by atoms with E-state index in [0.29, 0.717) is 35.5 Å². The Morgan fingerprint density at radius 2 is 1.79 bits per heavy atom. The molecule has 2 N–H and O–H groups in total. The van der Waals surface area contributed by atoms with Crippen LogP contribution in [0.1, 0.15) is 38.5 Å². The molecule has 1 aromatic heterocycles.